The molecule has 1 saturated heterocycles. The van der Waals surface area contributed by atoms with Crippen molar-refractivity contribution in [3.05, 3.63) is 58.7 Å². The van der Waals surface area contributed by atoms with Crippen LogP contribution in [0.15, 0.2) is 42.0 Å². The third-order valence-corrected chi connectivity index (χ3v) is 6.27. The molecule has 1 fully saturated rings. The van der Waals surface area contributed by atoms with Crippen molar-refractivity contribution in [2.75, 3.05) is 20.3 Å². The van der Waals surface area contributed by atoms with Gasteiger partial charge in [0, 0.05) is 12.1 Å². The molecule has 7 heteroatoms. The third kappa shape index (κ3) is 5.29. The normalized spacial score (nSPS) is 17.3. The number of hydrogen-bond donors (Lipinski definition) is 2. The van der Waals surface area contributed by atoms with Gasteiger partial charge < -0.3 is 24.6 Å². The standard InChI is InChI=1S/C28H35NO6/c1-6-8-9-14-29-25(18-10-12-21(30)23(16-18)35-7-2)24(27(32)28(29)33)26(31)19-11-13-22(34-5)20(15-19)17(3)4/h10-13,15-17,25,30-31H,6-9,14H2,1-5H3/b26-24+. The molecule has 0 aliphatic carbocycles. The Hall–Kier alpha value is -3.48. The van der Waals surface area contributed by atoms with E-state index in [4.69, 9.17) is 9.47 Å². The summed E-state index contributed by atoms with van der Waals surface area (Å²) >= 11 is 0. The lowest BCUT2D eigenvalue weighted by Gasteiger charge is -2.26. The zero-order valence-corrected chi connectivity index (χ0v) is 21.1. The number of phenols is 1. The van der Waals surface area contributed by atoms with Crippen LogP contribution in [0.5, 0.6) is 17.2 Å². The van der Waals surface area contributed by atoms with Gasteiger partial charge in [-0.25, -0.2) is 0 Å². The Bertz CT molecular complexity index is 1120. The van der Waals surface area contributed by atoms with Gasteiger partial charge in [0.2, 0.25) is 0 Å². The maximum absolute atomic E-state index is 13.3. The number of aliphatic hydroxyl groups is 1. The van der Waals surface area contributed by atoms with Gasteiger partial charge in [0.05, 0.1) is 25.3 Å². The van der Waals surface area contributed by atoms with Crippen molar-refractivity contribution < 1.29 is 29.3 Å². The van der Waals surface area contributed by atoms with Gasteiger partial charge in [0.15, 0.2) is 11.5 Å². The molecule has 188 valence electrons. The van der Waals surface area contributed by atoms with Crippen molar-refractivity contribution in [3.8, 4) is 17.2 Å². The highest BCUT2D eigenvalue weighted by Crippen LogP contribution is 2.42. The van der Waals surface area contributed by atoms with Crippen molar-refractivity contribution in [3.63, 3.8) is 0 Å². The van der Waals surface area contributed by atoms with Crippen LogP contribution in [0.25, 0.3) is 5.76 Å². The summed E-state index contributed by atoms with van der Waals surface area (Å²) in [7, 11) is 1.59. The lowest BCUT2D eigenvalue weighted by Crippen LogP contribution is -2.30. The second-order valence-corrected chi connectivity index (χ2v) is 8.97. The number of methoxy groups -OCH3 is 1. The van der Waals surface area contributed by atoms with Crippen LogP contribution in [-0.2, 0) is 9.59 Å². The molecule has 35 heavy (non-hydrogen) atoms. The molecule has 0 aromatic heterocycles. The fourth-order valence-electron chi connectivity index (χ4n) is 4.45. The highest BCUT2D eigenvalue weighted by molar-refractivity contribution is 6.46. The summed E-state index contributed by atoms with van der Waals surface area (Å²) in [6, 6.07) is 9.20. The van der Waals surface area contributed by atoms with E-state index in [2.05, 4.69) is 6.92 Å². The number of rotatable bonds is 10. The number of phenolic OH excluding ortho intramolecular Hbond substituents is 1. The smallest absolute Gasteiger partial charge is 0.295 e. The average Bonchev–Trinajstić information content (AvgIpc) is 3.09. The zero-order valence-electron chi connectivity index (χ0n) is 21.1. The fraction of sp³-hybridized carbons (Fsp3) is 0.429. The van der Waals surface area contributed by atoms with Gasteiger partial charge in [-0.1, -0.05) is 39.7 Å². The number of carbonyl (C=O) groups is 2. The molecular weight excluding hydrogens is 446 g/mol. The zero-order chi connectivity index (χ0) is 25.7. The molecule has 0 saturated carbocycles. The van der Waals surface area contributed by atoms with Gasteiger partial charge in [-0.05, 0) is 60.7 Å². The summed E-state index contributed by atoms with van der Waals surface area (Å²) in [4.78, 5) is 27.9. The van der Waals surface area contributed by atoms with Crippen molar-refractivity contribution >= 4 is 17.4 Å². The summed E-state index contributed by atoms with van der Waals surface area (Å²) in [6.45, 7) is 8.62. The summed E-state index contributed by atoms with van der Waals surface area (Å²) in [5.74, 6) is -0.565. The molecule has 7 nitrogen and oxygen atoms in total. The topological polar surface area (TPSA) is 96.3 Å². The van der Waals surface area contributed by atoms with E-state index < -0.39 is 17.7 Å². The number of likely N-dealkylation sites (tertiary alicyclic amines) is 1. The predicted octanol–water partition coefficient (Wildman–Crippen LogP) is 5.53. The minimum atomic E-state index is -0.795. The number of aromatic hydroxyl groups is 1. The first-order chi connectivity index (χ1) is 16.7. The van der Waals surface area contributed by atoms with Crippen LogP contribution < -0.4 is 9.47 Å². The van der Waals surface area contributed by atoms with Gasteiger partial charge in [0.25, 0.3) is 11.7 Å². The fourth-order valence-corrected chi connectivity index (χ4v) is 4.45. The first kappa shape index (κ1) is 26.1. The van der Waals surface area contributed by atoms with Crippen molar-refractivity contribution in [2.45, 2.75) is 58.9 Å². The predicted molar refractivity (Wildman–Crippen MR) is 135 cm³/mol. The molecule has 1 aliphatic heterocycles. The van der Waals surface area contributed by atoms with E-state index in [-0.39, 0.29) is 28.7 Å². The number of ether oxygens (including phenoxy) is 2. The van der Waals surface area contributed by atoms with E-state index in [0.717, 1.165) is 24.8 Å². The Morgan fingerprint density at radius 1 is 1.06 bits per heavy atom. The number of hydrogen-bond acceptors (Lipinski definition) is 6. The summed E-state index contributed by atoms with van der Waals surface area (Å²) in [5.41, 5.74) is 1.93. The van der Waals surface area contributed by atoms with E-state index in [9.17, 15) is 19.8 Å². The number of amides is 1. The molecule has 0 radical (unpaired) electrons. The lowest BCUT2D eigenvalue weighted by molar-refractivity contribution is -0.139. The van der Waals surface area contributed by atoms with Crippen LogP contribution in [0.3, 0.4) is 0 Å². The second-order valence-electron chi connectivity index (χ2n) is 8.97. The third-order valence-electron chi connectivity index (χ3n) is 6.27. The maximum Gasteiger partial charge on any atom is 0.295 e. The number of carbonyl (C=O) groups excluding carboxylic acids is 2. The average molecular weight is 482 g/mol. The first-order valence-corrected chi connectivity index (χ1v) is 12.2. The van der Waals surface area contributed by atoms with Gasteiger partial charge in [-0.15, -0.1) is 0 Å². The van der Waals surface area contributed by atoms with E-state index in [1.165, 1.54) is 11.0 Å². The molecule has 2 aromatic carbocycles. The number of unbranched alkanes of at least 4 members (excludes halogenated alkanes) is 2. The van der Waals surface area contributed by atoms with Crippen LogP contribution >= 0.6 is 0 Å². The summed E-state index contributed by atoms with van der Waals surface area (Å²) < 4.78 is 11.0. The Morgan fingerprint density at radius 3 is 2.43 bits per heavy atom. The molecule has 0 spiro atoms. The molecule has 2 N–H and O–H groups in total. The van der Waals surface area contributed by atoms with E-state index in [1.807, 2.05) is 13.8 Å². The second kappa shape index (κ2) is 11.3. The first-order valence-electron chi connectivity index (χ1n) is 12.2. The van der Waals surface area contributed by atoms with Crippen LogP contribution in [0.2, 0.25) is 0 Å². The largest absolute Gasteiger partial charge is 0.507 e. The number of Topliss-reactive ketones (excluding diaryl/α,β-unsaturated/α-hetero) is 1. The van der Waals surface area contributed by atoms with E-state index >= 15 is 0 Å². The molecule has 0 bridgehead atoms. The molecule has 1 heterocycles. The minimum absolute atomic E-state index is 0.0273. The van der Waals surface area contributed by atoms with Crippen molar-refractivity contribution in [2.24, 2.45) is 0 Å². The van der Waals surface area contributed by atoms with Gasteiger partial charge in [-0.2, -0.15) is 0 Å². The highest BCUT2D eigenvalue weighted by atomic mass is 16.5. The minimum Gasteiger partial charge on any atom is -0.507 e. The lowest BCUT2D eigenvalue weighted by atomic mass is 9.93. The van der Waals surface area contributed by atoms with Crippen molar-refractivity contribution in [1.82, 2.24) is 4.90 Å². The Balaban J connectivity index is 2.19. The summed E-state index contributed by atoms with van der Waals surface area (Å²) in [5, 5.41) is 21.6. The molecule has 2 aromatic rings. The Kier molecular flexibility index (Phi) is 8.43. The summed E-state index contributed by atoms with van der Waals surface area (Å²) in [6.07, 6.45) is 2.61. The van der Waals surface area contributed by atoms with Crippen LogP contribution in [0.1, 0.15) is 75.6 Å². The molecule has 1 amide bonds. The number of benzene rings is 2. The Labute approximate surface area is 207 Å². The molecule has 3 rings (SSSR count). The molecule has 1 atom stereocenters. The highest BCUT2D eigenvalue weighted by Gasteiger charge is 2.46. The monoisotopic (exact) mass is 481 g/mol. The van der Waals surface area contributed by atoms with Crippen molar-refractivity contribution in [1.29, 1.82) is 0 Å². The van der Waals surface area contributed by atoms with E-state index in [0.29, 0.717) is 30.0 Å². The Morgan fingerprint density at radius 2 is 1.80 bits per heavy atom. The van der Waals surface area contributed by atoms with E-state index in [1.54, 1.807) is 44.4 Å². The SMILES string of the molecule is CCCCCN1C(=O)C(=O)/C(=C(/O)c2ccc(OC)c(C(C)C)c2)C1c1ccc(O)c(OCC)c1. The van der Waals surface area contributed by atoms with Gasteiger partial charge in [0.1, 0.15) is 11.5 Å². The van der Waals surface area contributed by atoms with Crippen LogP contribution in [0.4, 0.5) is 0 Å². The maximum atomic E-state index is 13.3. The molecular formula is C28H35NO6. The number of ketones is 1. The van der Waals surface area contributed by atoms with Gasteiger partial charge in [-0.3, -0.25) is 9.59 Å². The van der Waals surface area contributed by atoms with Crippen LogP contribution in [-0.4, -0.2) is 47.1 Å². The van der Waals surface area contributed by atoms with Crippen LogP contribution in [0, 0.1) is 0 Å². The quantitative estimate of drug-likeness (QED) is 0.200. The molecule has 1 aliphatic rings. The van der Waals surface area contributed by atoms with Gasteiger partial charge >= 0.3 is 0 Å². The molecule has 1 unspecified atom stereocenters. The number of aliphatic hydroxyl groups excluding tert-OH is 1. The number of nitrogens with zero attached hydrogens (tertiary/aromatic N) is 1.